The Bertz CT molecular complexity index is 389. The van der Waals surface area contributed by atoms with Gasteiger partial charge in [-0.25, -0.2) is 9.97 Å². The number of hydrogen-bond acceptors (Lipinski definition) is 2. The number of benzene rings is 1. The van der Waals surface area contributed by atoms with E-state index >= 15 is 0 Å². The molecule has 60 valence electrons. The van der Waals surface area contributed by atoms with E-state index in [9.17, 15) is 4.39 Å². The van der Waals surface area contributed by atoms with Gasteiger partial charge in [-0.1, -0.05) is 15.9 Å². The van der Waals surface area contributed by atoms with Crippen molar-refractivity contribution in [3.8, 4) is 0 Å². The van der Waals surface area contributed by atoms with Gasteiger partial charge in [0.1, 0.15) is 0 Å². The Labute approximate surface area is 76.6 Å². The van der Waals surface area contributed by atoms with Crippen LogP contribution in [-0.4, -0.2) is 9.97 Å². The molecule has 4 heteroatoms. The fourth-order valence-electron chi connectivity index (χ4n) is 0.961. The van der Waals surface area contributed by atoms with E-state index in [-0.39, 0.29) is 0 Å². The van der Waals surface area contributed by atoms with E-state index in [0.717, 1.165) is 10.7 Å². The minimum Gasteiger partial charge on any atom is -0.250 e. The van der Waals surface area contributed by atoms with Crippen LogP contribution in [-0.2, 0) is 0 Å². The highest BCUT2D eigenvalue weighted by Crippen LogP contribution is 2.15. The predicted molar refractivity (Wildman–Crippen MR) is 47.2 cm³/mol. The molecular weight excluding hydrogens is 223 g/mol. The maximum absolute atomic E-state index is 12.6. The predicted octanol–water partition coefficient (Wildman–Crippen LogP) is 2.53. The Morgan fingerprint density at radius 2 is 2.08 bits per heavy atom. The molecule has 0 amide bonds. The van der Waals surface area contributed by atoms with Crippen LogP contribution in [0, 0.1) is 5.95 Å². The third kappa shape index (κ3) is 1.30. The van der Waals surface area contributed by atoms with Crippen molar-refractivity contribution < 1.29 is 4.39 Å². The molecule has 2 rings (SSSR count). The fourth-order valence-corrected chi connectivity index (χ4v) is 1.31. The molecule has 2 aromatic rings. The third-order valence-corrected chi connectivity index (χ3v) is 1.97. The van der Waals surface area contributed by atoms with Crippen LogP contribution < -0.4 is 0 Å². The van der Waals surface area contributed by atoms with Crippen LogP contribution in [0.2, 0.25) is 0 Å². The quantitative estimate of drug-likeness (QED) is 0.691. The lowest BCUT2D eigenvalue weighted by Gasteiger charge is -1.95. The summed E-state index contributed by atoms with van der Waals surface area (Å²) in [6.07, 6.45) is 1.11. The van der Waals surface area contributed by atoms with E-state index in [1.807, 2.05) is 0 Å². The lowest BCUT2D eigenvalue weighted by Crippen LogP contribution is -1.87. The standard InChI is InChI=1S/C8H4BrFN2/c9-5-1-2-6-7(3-5)11-4-8(10)12-6/h1-4H. The van der Waals surface area contributed by atoms with Crippen LogP contribution in [0.25, 0.3) is 11.0 Å². The summed E-state index contributed by atoms with van der Waals surface area (Å²) in [5.41, 5.74) is 1.25. The number of nitrogens with zero attached hydrogens (tertiary/aromatic N) is 2. The lowest BCUT2D eigenvalue weighted by atomic mass is 10.3. The van der Waals surface area contributed by atoms with E-state index in [1.54, 1.807) is 18.2 Å². The van der Waals surface area contributed by atoms with Gasteiger partial charge in [-0.05, 0) is 18.2 Å². The van der Waals surface area contributed by atoms with Gasteiger partial charge in [-0.2, -0.15) is 4.39 Å². The van der Waals surface area contributed by atoms with Crippen molar-refractivity contribution in [3.63, 3.8) is 0 Å². The van der Waals surface area contributed by atoms with Crippen molar-refractivity contribution in [1.29, 1.82) is 0 Å². The molecule has 0 N–H and O–H groups in total. The SMILES string of the molecule is Fc1cnc2cc(Br)ccc2n1. The first-order valence-electron chi connectivity index (χ1n) is 3.33. The number of aromatic nitrogens is 2. The van der Waals surface area contributed by atoms with E-state index in [0.29, 0.717) is 11.0 Å². The molecule has 0 aliphatic rings. The van der Waals surface area contributed by atoms with Crippen molar-refractivity contribution >= 4 is 27.0 Å². The van der Waals surface area contributed by atoms with Gasteiger partial charge in [-0.3, -0.25) is 0 Å². The highest BCUT2D eigenvalue weighted by molar-refractivity contribution is 9.10. The summed E-state index contributed by atoms with van der Waals surface area (Å²) in [7, 11) is 0. The van der Waals surface area contributed by atoms with Crippen molar-refractivity contribution in [2.45, 2.75) is 0 Å². The summed E-state index contributed by atoms with van der Waals surface area (Å²) < 4.78 is 13.5. The van der Waals surface area contributed by atoms with Crippen LogP contribution in [0.15, 0.2) is 28.9 Å². The topological polar surface area (TPSA) is 25.8 Å². The molecule has 0 bridgehead atoms. The van der Waals surface area contributed by atoms with Gasteiger partial charge < -0.3 is 0 Å². The molecule has 0 aliphatic carbocycles. The minimum atomic E-state index is -0.551. The number of rotatable bonds is 0. The van der Waals surface area contributed by atoms with Crippen LogP contribution in [0.1, 0.15) is 0 Å². The molecule has 0 atom stereocenters. The Kier molecular flexibility index (Phi) is 1.77. The highest BCUT2D eigenvalue weighted by Gasteiger charge is 1.98. The van der Waals surface area contributed by atoms with E-state index in [2.05, 4.69) is 25.9 Å². The van der Waals surface area contributed by atoms with Crippen molar-refractivity contribution in [2.75, 3.05) is 0 Å². The first-order valence-corrected chi connectivity index (χ1v) is 4.13. The lowest BCUT2D eigenvalue weighted by molar-refractivity contribution is 0.583. The average molecular weight is 227 g/mol. The van der Waals surface area contributed by atoms with Crippen molar-refractivity contribution in [3.05, 3.63) is 34.8 Å². The number of hydrogen-bond donors (Lipinski definition) is 0. The second-order valence-electron chi connectivity index (χ2n) is 2.33. The molecule has 1 heterocycles. The Morgan fingerprint density at radius 1 is 1.25 bits per heavy atom. The van der Waals surface area contributed by atoms with E-state index < -0.39 is 5.95 Å². The fraction of sp³-hybridized carbons (Fsp3) is 0. The van der Waals surface area contributed by atoms with Gasteiger partial charge in [-0.15, -0.1) is 0 Å². The molecule has 12 heavy (non-hydrogen) atoms. The summed E-state index contributed by atoms with van der Waals surface area (Å²) in [6.45, 7) is 0. The Balaban J connectivity index is 2.79. The van der Waals surface area contributed by atoms with E-state index in [4.69, 9.17) is 0 Å². The van der Waals surface area contributed by atoms with Gasteiger partial charge in [0.15, 0.2) is 0 Å². The van der Waals surface area contributed by atoms with Gasteiger partial charge in [0.05, 0.1) is 17.2 Å². The molecule has 0 spiro atoms. The zero-order valence-electron chi connectivity index (χ0n) is 5.96. The second kappa shape index (κ2) is 2.79. The Morgan fingerprint density at radius 3 is 2.92 bits per heavy atom. The molecule has 1 aromatic carbocycles. The summed E-state index contributed by atoms with van der Waals surface area (Å²) in [5.74, 6) is -0.551. The largest absolute Gasteiger partial charge is 0.250 e. The monoisotopic (exact) mass is 226 g/mol. The molecule has 0 unspecified atom stereocenters. The van der Waals surface area contributed by atoms with Crippen molar-refractivity contribution in [2.24, 2.45) is 0 Å². The molecule has 0 fully saturated rings. The summed E-state index contributed by atoms with van der Waals surface area (Å²) in [6, 6.07) is 5.31. The number of halogens is 2. The summed E-state index contributed by atoms with van der Waals surface area (Å²) in [4.78, 5) is 7.54. The molecule has 2 nitrogen and oxygen atoms in total. The van der Waals surface area contributed by atoms with Gasteiger partial charge >= 0.3 is 0 Å². The molecular formula is C8H4BrFN2. The maximum atomic E-state index is 12.6. The molecule has 0 aliphatic heterocycles. The maximum Gasteiger partial charge on any atom is 0.231 e. The van der Waals surface area contributed by atoms with Crippen LogP contribution in [0.5, 0.6) is 0 Å². The van der Waals surface area contributed by atoms with Gasteiger partial charge in [0, 0.05) is 4.47 Å². The highest BCUT2D eigenvalue weighted by atomic mass is 79.9. The van der Waals surface area contributed by atoms with Gasteiger partial charge in [0.25, 0.3) is 0 Å². The Hall–Kier alpha value is -1.03. The third-order valence-electron chi connectivity index (χ3n) is 1.47. The zero-order chi connectivity index (χ0) is 8.55. The van der Waals surface area contributed by atoms with Gasteiger partial charge in [0.2, 0.25) is 5.95 Å². The first-order chi connectivity index (χ1) is 5.75. The van der Waals surface area contributed by atoms with E-state index in [1.165, 1.54) is 0 Å². The van der Waals surface area contributed by atoms with Crippen LogP contribution >= 0.6 is 15.9 Å². The average Bonchev–Trinajstić information content (AvgIpc) is 2.05. The molecule has 0 saturated carbocycles. The number of fused-ring (bicyclic) bond motifs is 1. The van der Waals surface area contributed by atoms with Crippen LogP contribution in [0.4, 0.5) is 4.39 Å². The minimum absolute atomic E-state index is 0.551. The molecule has 0 radical (unpaired) electrons. The second-order valence-corrected chi connectivity index (χ2v) is 3.24. The van der Waals surface area contributed by atoms with Crippen LogP contribution in [0.3, 0.4) is 0 Å². The summed E-state index contributed by atoms with van der Waals surface area (Å²) in [5, 5.41) is 0. The smallest absolute Gasteiger partial charge is 0.231 e. The van der Waals surface area contributed by atoms with Crippen molar-refractivity contribution in [1.82, 2.24) is 9.97 Å². The summed E-state index contributed by atoms with van der Waals surface area (Å²) >= 11 is 3.29. The zero-order valence-corrected chi connectivity index (χ0v) is 7.55. The first kappa shape index (κ1) is 7.61. The normalized spacial score (nSPS) is 10.5. The molecule has 0 saturated heterocycles. The molecule has 1 aromatic heterocycles.